The number of carbonyl (C=O) groups is 1. The van der Waals surface area contributed by atoms with Gasteiger partial charge in [-0.3, -0.25) is 18.8 Å². The molecule has 0 saturated carbocycles. The van der Waals surface area contributed by atoms with Crippen LogP contribution in [0.4, 0.5) is 0 Å². The van der Waals surface area contributed by atoms with Crippen molar-refractivity contribution >= 4 is 21.7 Å². The van der Waals surface area contributed by atoms with Crippen molar-refractivity contribution < 1.29 is 32.6 Å². The van der Waals surface area contributed by atoms with Gasteiger partial charge in [0.15, 0.2) is 0 Å². The molecule has 0 aromatic rings. The van der Waals surface area contributed by atoms with E-state index in [0.717, 1.165) is 25.7 Å². The first kappa shape index (κ1) is 28.7. The summed E-state index contributed by atoms with van der Waals surface area (Å²) in [6.07, 6.45) is 13.9. The predicted octanol–water partition coefficient (Wildman–Crippen LogP) is 2.39. The number of aliphatic hydroxyl groups excluding tert-OH is 2. The smallest absolute Gasteiger partial charge is 0.316 e. The van der Waals surface area contributed by atoms with Crippen molar-refractivity contribution in [1.29, 1.82) is 0 Å². The quantitative estimate of drug-likeness (QED) is 0.107. The third kappa shape index (κ3) is 12.7. The van der Waals surface area contributed by atoms with Crippen molar-refractivity contribution in [2.45, 2.75) is 83.2 Å². The summed E-state index contributed by atoms with van der Waals surface area (Å²) in [5.41, 5.74) is 0. The van der Waals surface area contributed by atoms with E-state index in [0.29, 0.717) is 31.9 Å². The van der Waals surface area contributed by atoms with Gasteiger partial charge in [0.2, 0.25) is 5.78 Å². The Bertz CT molecular complexity index is 693. The molecule has 0 fully saturated rings. The summed E-state index contributed by atoms with van der Waals surface area (Å²) in [6, 6.07) is 0. The molecule has 0 aromatic heterocycles. The lowest BCUT2D eigenvalue weighted by Gasteiger charge is -2.13. The highest BCUT2D eigenvalue weighted by Crippen LogP contribution is 2.13. The molecule has 0 amide bonds. The molecule has 9 heteroatoms. The molecule has 1 aliphatic heterocycles. The number of rotatable bonds is 20. The third-order valence-corrected chi connectivity index (χ3v) is 6.56. The lowest BCUT2D eigenvalue weighted by Crippen LogP contribution is -2.40. The molecular formula is C23H43N2O6S+. The van der Waals surface area contributed by atoms with Gasteiger partial charge in [0.1, 0.15) is 38.0 Å². The van der Waals surface area contributed by atoms with Crippen LogP contribution in [0.25, 0.3) is 0 Å². The first-order chi connectivity index (χ1) is 15.3. The number of hydrogen-bond donors (Lipinski definition) is 3. The van der Waals surface area contributed by atoms with Crippen LogP contribution in [0.3, 0.4) is 0 Å². The summed E-state index contributed by atoms with van der Waals surface area (Å²) < 4.78 is 32.6. The number of Topliss-reactive ketones (excluding diaryl/α,β-unsaturated/α-hetero) is 1. The lowest BCUT2D eigenvalue weighted by molar-refractivity contribution is -0.525. The van der Waals surface area contributed by atoms with E-state index in [2.05, 4.69) is 6.58 Å². The lowest BCUT2D eigenvalue weighted by atomic mass is 10.0. The number of nitrogens with zero attached hydrogens (tertiary/aromatic N) is 2. The standard InChI is InChI=1S/C23H42N2O6S/c1-2-3-4-5-6-7-8-9-10-11-12-13-14-22(28)23-24(17-18-26)15-16-25(23)19-21(27)20-32(29,30)31/h2,21,26-27H,1,3-20H2/p+1. The van der Waals surface area contributed by atoms with Crippen LogP contribution in [-0.4, -0.2) is 88.9 Å². The van der Waals surface area contributed by atoms with E-state index in [1.54, 1.807) is 9.48 Å². The van der Waals surface area contributed by atoms with Gasteiger partial charge in [-0.15, -0.1) is 6.58 Å². The molecule has 0 spiro atoms. The molecule has 32 heavy (non-hydrogen) atoms. The highest BCUT2D eigenvalue weighted by atomic mass is 32.2. The Morgan fingerprint density at radius 1 is 1.06 bits per heavy atom. The Hall–Kier alpha value is -1.29. The van der Waals surface area contributed by atoms with E-state index in [4.69, 9.17) is 4.55 Å². The molecular weight excluding hydrogens is 432 g/mol. The maximum atomic E-state index is 12.8. The molecule has 0 aliphatic carbocycles. The van der Waals surface area contributed by atoms with Gasteiger partial charge in [0, 0.05) is 6.42 Å². The highest BCUT2D eigenvalue weighted by molar-refractivity contribution is 7.85. The summed E-state index contributed by atoms with van der Waals surface area (Å²) in [5, 5.41) is 19.3. The second-order valence-corrected chi connectivity index (χ2v) is 10.2. The first-order valence-corrected chi connectivity index (χ1v) is 13.6. The van der Waals surface area contributed by atoms with E-state index < -0.39 is 22.0 Å². The number of hydrogen-bond acceptors (Lipinski definition) is 6. The second-order valence-electron chi connectivity index (χ2n) is 8.67. The Morgan fingerprint density at radius 2 is 1.62 bits per heavy atom. The molecule has 1 unspecified atom stereocenters. The summed E-state index contributed by atoms with van der Waals surface area (Å²) in [6.45, 7) is 4.93. The summed E-state index contributed by atoms with van der Waals surface area (Å²) in [7, 11) is -4.29. The molecule has 186 valence electrons. The molecule has 1 rings (SSSR count). The molecule has 3 N–H and O–H groups in total. The minimum absolute atomic E-state index is 0.0453. The first-order valence-electron chi connectivity index (χ1n) is 12.0. The highest BCUT2D eigenvalue weighted by Gasteiger charge is 2.36. The van der Waals surface area contributed by atoms with E-state index in [9.17, 15) is 23.4 Å². The van der Waals surface area contributed by atoms with Crippen LogP contribution in [0.2, 0.25) is 0 Å². The summed E-state index contributed by atoms with van der Waals surface area (Å²) in [5.74, 6) is -0.376. The van der Waals surface area contributed by atoms with Gasteiger partial charge in [-0.1, -0.05) is 57.4 Å². The average molecular weight is 476 g/mol. The molecule has 0 saturated heterocycles. The largest absolute Gasteiger partial charge is 0.392 e. The van der Waals surface area contributed by atoms with Crippen LogP contribution >= 0.6 is 0 Å². The molecule has 0 bridgehead atoms. The number of unbranched alkanes of at least 4 members (excludes halogenated alkanes) is 10. The van der Waals surface area contributed by atoms with Crippen molar-refractivity contribution in [3.05, 3.63) is 12.7 Å². The van der Waals surface area contributed by atoms with Gasteiger partial charge in [-0.2, -0.15) is 8.42 Å². The molecule has 1 aliphatic rings. The fourth-order valence-corrected chi connectivity index (χ4v) is 4.76. The topological polar surface area (TPSA) is 118 Å². The van der Waals surface area contributed by atoms with Crippen molar-refractivity contribution in [3.63, 3.8) is 0 Å². The van der Waals surface area contributed by atoms with Crippen molar-refractivity contribution in [3.8, 4) is 0 Å². The van der Waals surface area contributed by atoms with E-state index in [1.165, 1.54) is 44.9 Å². The van der Waals surface area contributed by atoms with Gasteiger partial charge in [0.25, 0.3) is 10.1 Å². The monoisotopic (exact) mass is 475 g/mol. The predicted molar refractivity (Wildman–Crippen MR) is 127 cm³/mol. The van der Waals surface area contributed by atoms with Gasteiger partial charge in [-0.25, -0.2) is 0 Å². The SMILES string of the molecule is C=CCCCCCCCCCCCCC(=O)C1=[N+](CC(O)CS(=O)(=O)O)CCN1CCO. The number of amidine groups is 1. The summed E-state index contributed by atoms with van der Waals surface area (Å²) in [4.78, 5) is 14.6. The third-order valence-electron chi connectivity index (χ3n) is 5.75. The number of allylic oxidation sites excluding steroid dienone is 1. The Labute approximate surface area is 193 Å². The van der Waals surface area contributed by atoms with Crippen LogP contribution in [0.15, 0.2) is 12.7 Å². The average Bonchev–Trinajstić information content (AvgIpc) is 3.09. The maximum absolute atomic E-state index is 12.8. The minimum Gasteiger partial charge on any atom is -0.392 e. The van der Waals surface area contributed by atoms with Crippen molar-refractivity contribution in [2.75, 3.05) is 38.5 Å². The summed E-state index contributed by atoms with van der Waals surface area (Å²) >= 11 is 0. The van der Waals surface area contributed by atoms with Gasteiger partial charge < -0.3 is 10.2 Å². The van der Waals surface area contributed by atoms with Gasteiger partial charge in [-0.05, 0) is 19.3 Å². The van der Waals surface area contributed by atoms with Crippen LogP contribution < -0.4 is 0 Å². The normalized spacial score (nSPS) is 15.4. The Balaban J connectivity index is 2.36. The van der Waals surface area contributed by atoms with Crippen LogP contribution in [0.1, 0.15) is 77.0 Å². The minimum atomic E-state index is -4.29. The van der Waals surface area contributed by atoms with Crippen LogP contribution in [0.5, 0.6) is 0 Å². The molecule has 0 aromatic carbocycles. The van der Waals surface area contributed by atoms with Gasteiger partial charge >= 0.3 is 5.84 Å². The molecule has 1 heterocycles. The van der Waals surface area contributed by atoms with Gasteiger partial charge in [0.05, 0.1) is 6.61 Å². The Morgan fingerprint density at radius 3 is 2.16 bits per heavy atom. The number of aliphatic hydroxyl groups is 2. The molecule has 1 atom stereocenters. The zero-order valence-electron chi connectivity index (χ0n) is 19.5. The molecule has 8 nitrogen and oxygen atoms in total. The zero-order chi connectivity index (χ0) is 23.8. The zero-order valence-corrected chi connectivity index (χ0v) is 20.3. The van der Waals surface area contributed by atoms with E-state index in [1.807, 2.05) is 6.08 Å². The van der Waals surface area contributed by atoms with Crippen molar-refractivity contribution in [2.24, 2.45) is 0 Å². The maximum Gasteiger partial charge on any atom is 0.316 e. The number of β-amino-alcohol motifs (C(OH)–C–C–N with tert-alkyl or cyclic N) is 2. The number of carbonyl (C=O) groups excluding carboxylic acids is 1. The fraction of sp³-hybridized carbons (Fsp3) is 0.826. The fourth-order valence-electron chi connectivity index (χ4n) is 4.17. The Kier molecular flexibility index (Phi) is 14.7. The second kappa shape index (κ2) is 16.3. The van der Waals surface area contributed by atoms with Crippen LogP contribution in [0, 0.1) is 0 Å². The van der Waals surface area contributed by atoms with Crippen LogP contribution in [-0.2, 0) is 14.9 Å². The van der Waals surface area contributed by atoms with E-state index >= 15 is 0 Å². The van der Waals surface area contributed by atoms with E-state index in [-0.39, 0.29) is 18.9 Å². The number of ketones is 1. The van der Waals surface area contributed by atoms with Crippen molar-refractivity contribution in [1.82, 2.24) is 4.90 Å². The molecule has 0 radical (unpaired) electrons.